The minimum absolute atomic E-state index is 0.217. The van der Waals surface area contributed by atoms with Crippen LogP contribution in [0, 0.1) is 0 Å². The SMILES string of the molecule is O=CN1CCN(C(=O)c2cc(C(=O)NCCN3CCOCC3)ccn2)CC1. The van der Waals surface area contributed by atoms with Crippen molar-refractivity contribution in [2.45, 2.75) is 0 Å². The quantitative estimate of drug-likeness (QED) is 0.645. The van der Waals surface area contributed by atoms with Crippen molar-refractivity contribution in [3.05, 3.63) is 29.6 Å². The van der Waals surface area contributed by atoms with Crippen LogP contribution in [0.25, 0.3) is 0 Å². The molecule has 9 heteroatoms. The summed E-state index contributed by atoms with van der Waals surface area (Å²) in [6.45, 7) is 6.47. The van der Waals surface area contributed by atoms with Gasteiger partial charge in [0.2, 0.25) is 6.41 Å². The van der Waals surface area contributed by atoms with Crippen molar-refractivity contribution >= 4 is 18.2 Å². The Labute approximate surface area is 158 Å². The van der Waals surface area contributed by atoms with Crippen molar-refractivity contribution in [3.63, 3.8) is 0 Å². The van der Waals surface area contributed by atoms with E-state index in [2.05, 4.69) is 15.2 Å². The summed E-state index contributed by atoms with van der Waals surface area (Å²) < 4.78 is 5.30. The number of hydrogen-bond donors (Lipinski definition) is 1. The van der Waals surface area contributed by atoms with Crippen molar-refractivity contribution in [2.24, 2.45) is 0 Å². The predicted molar refractivity (Wildman–Crippen MR) is 97.4 cm³/mol. The van der Waals surface area contributed by atoms with Gasteiger partial charge >= 0.3 is 0 Å². The van der Waals surface area contributed by atoms with E-state index >= 15 is 0 Å². The molecule has 3 heterocycles. The number of ether oxygens (including phenoxy) is 1. The monoisotopic (exact) mass is 375 g/mol. The van der Waals surface area contributed by atoms with E-state index in [0.29, 0.717) is 38.3 Å². The third-order valence-electron chi connectivity index (χ3n) is 4.81. The molecule has 3 rings (SSSR count). The molecule has 2 fully saturated rings. The molecule has 0 atom stereocenters. The van der Waals surface area contributed by atoms with Crippen molar-refractivity contribution < 1.29 is 19.1 Å². The number of nitrogens with zero attached hydrogens (tertiary/aromatic N) is 4. The normalized spacial score (nSPS) is 18.2. The Kier molecular flexibility index (Phi) is 6.72. The van der Waals surface area contributed by atoms with Gasteiger partial charge in [-0.1, -0.05) is 0 Å². The zero-order chi connectivity index (χ0) is 19.1. The molecule has 0 bridgehead atoms. The molecule has 2 aliphatic heterocycles. The Morgan fingerprint density at radius 3 is 2.59 bits per heavy atom. The predicted octanol–water partition coefficient (Wildman–Crippen LogP) is -0.942. The molecule has 2 saturated heterocycles. The Bertz CT molecular complexity index is 669. The average molecular weight is 375 g/mol. The summed E-state index contributed by atoms with van der Waals surface area (Å²) in [5, 5.41) is 2.89. The van der Waals surface area contributed by atoms with Gasteiger partial charge in [0, 0.05) is 64.1 Å². The van der Waals surface area contributed by atoms with Crippen LogP contribution in [0.4, 0.5) is 0 Å². The summed E-state index contributed by atoms with van der Waals surface area (Å²) in [7, 11) is 0. The van der Waals surface area contributed by atoms with E-state index in [9.17, 15) is 14.4 Å². The first-order chi connectivity index (χ1) is 13.2. The molecule has 1 aromatic heterocycles. The Morgan fingerprint density at radius 1 is 1.15 bits per heavy atom. The fraction of sp³-hybridized carbons (Fsp3) is 0.556. The highest BCUT2D eigenvalue weighted by atomic mass is 16.5. The lowest BCUT2D eigenvalue weighted by molar-refractivity contribution is -0.119. The molecule has 0 aromatic carbocycles. The molecule has 0 spiro atoms. The van der Waals surface area contributed by atoms with Crippen molar-refractivity contribution in [1.82, 2.24) is 25.0 Å². The van der Waals surface area contributed by atoms with E-state index in [1.54, 1.807) is 15.9 Å². The summed E-state index contributed by atoms with van der Waals surface area (Å²) in [5.41, 5.74) is 0.664. The Balaban J connectivity index is 1.52. The first kappa shape index (κ1) is 19.2. The standard InChI is InChI=1S/C18H25N5O4/c24-14-22-5-7-23(8-6-22)18(26)16-13-15(1-2-19-16)17(25)20-3-4-21-9-11-27-12-10-21/h1-2,13-14H,3-12H2,(H,20,25). The summed E-state index contributed by atoms with van der Waals surface area (Å²) in [4.78, 5) is 45.4. The minimum Gasteiger partial charge on any atom is -0.379 e. The third kappa shape index (κ3) is 5.24. The molecule has 1 aromatic rings. The Hall–Kier alpha value is -2.52. The molecule has 1 N–H and O–H groups in total. The zero-order valence-corrected chi connectivity index (χ0v) is 15.3. The number of piperazine rings is 1. The van der Waals surface area contributed by atoms with E-state index in [1.165, 1.54) is 12.3 Å². The van der Waals surface area contributed by atoms with Crippen LogP contribution in [-0.4, -0.2) is 103 Å². The van der Waals surface area contributed by atoms with Crippen LogP contribution in [0.2, 0.25) is 0 Å². The summed E-state index contributed by atoms with van der Waals surface area (Å²) in [6, 6.07) is 3.13. The molecule has 0 saturated carbocycles. The number of nitrogens with one attached hydrogen (secondary N) is 1. The number of amides is 3. The van der Waals surface area contributed by atoms with Gasteiger partial charge in [-0.05, 0) is 12.1 Å². The molecule has 9 nitrogen and oxygen atoms in total. The van der Waals surface area contributed by atoms with E-state index in [0.717, 1.165) is 39.3 Å². The number of pyridine rings is 1. The molecular weight excluding hydrogens is 350 g/mol. The van der Waals surface area contributed by atoms with Crippen LogP contribution < -0.4 is 5.32 Å². The van der Waals surface area contributed by atoms with Crippen LogP contribution in [0.15, 0.2) is 18.3 Å². The number of hydrogen-bond acceptors (Lipinski definition) is 6. The third-order valence-corrected chi connectivity index (χ3v) is 4.81. The number of carbonyl (C=O) groups excluding carboxylic acids is 3. The Morgan fingerprint density at radius 2 is 1.89 bits per heavy atom. The maximum absolute atomic E-state index is 12.6. The highest BCUT2D eigenvalue weighted by Crippen LogP contribution is 2.08. The van der Waals surface area contributed by atoms with Gasteiger partial charge in [-0.25, -0.2) is 0 Å². The lowest BCUT2D eigenvalue weighted by Crippen LogP contribution is -2.48. The van der Waals surface area contributed by atoms with Gasteiger partial charge in [0.15, 0.2) is 0 Å². The van der Waals surface area contributed by atoms with Crippen molar-refractivity contribution in [3.8, 4) is 0 Å². The lowest BCUT2D eigenvalue weighted by atomic mass is 10.2. The molecule has 0 radical (unpaired) electrons. The molecular formula is C18H25N5O4. The van der Waals surface area contributed by atoms with Gasteiger partial charge in [-0.3, -0.25) is 24.3 Å². The highest BCUT2D eigenvalue weighted by Gasteiger charge is 2.23. The maximum Gasteiger partial charge on any atom is 0.272 e. The average Bonchev–Trinajstić information content (AvgIpc) is 2.74. The molecule has 2 aliphatic rings. The summed E-state index contributed by atoms with van der Waals surface area (Å²) in [6.07, 6.45) is 2.27. The fourth-order valence-electron chi connectivity index (χ4n) is 3.14. The molecule has 3 amide bonds. The first-order valence-electron chi connectivity index (χ1n) is 9.20. The second-order valence-corrected chi connectivity index (χ2v) is 6.57. The second-order valence-electron chi connectivity index (χ2n) is 6.57. The number of rotatable bonds is 6. The first-order valence-corrected chi connectivity index (χ1v) is 9.20. The van der Waals surface area contributed by atoms with Gasteiger partial charge in [0.05, 0.1) is 13.2 Å². The van der Waals surface area contributed by atoms with Crippen LogP contribution >= 0.6 is 0 Å². The molecule has 27 heavy (non-hydrogen) atoms. The largest absolute Gasteiger partial charge is 0.379 e. The van der Waals surface area contributed by atoms with E-state index in [1.807, 2.05) is 0 Å². The number of carbonyl (C=O) groups is 3. The van der Waals surface area contributed by atoms with Crippen LogP contribution in [0.5, 0.6) is 0 Å². The van der Waals surface area contributed by atoms with Crippen molar-refractivity contribution in [2.75, 3.05) is 65.6 Å². The van der Waals surface area contributed by atoms with E-state index in [4.69, 9.17) is 4.74 Å². The maximum atomic E-state index is 12.6. The topological polar surface area (TPSA) is 95.1 Å². The van der Waals surface area contributed by atoms with Gasteiger partial charge in [0.1, 0.15) is 5.69 Å². The van der Waals surface area contributed by atoms with E-state index in [-0.39, 0.29) is 17.5 Å². The van der Waals surface area contributed by atoms with Gasteiger partial charge in [-0.15, -0.1) is 0 Å². The van der Waals surface area contributed by atoms with Crippen molar-refractivity contribution in [1.29, 1.82) is 0 Å². The summed E-state index contributed by atoms with van der Waals surface area (Å²) >= 11 is 0. The van der Waals surface area contributed by atoms with Gasteiger partial charge in [0.25, 0.3) is 11.8 Å². The number of aromatic nitrogens is 1. The summed E-state index contributed by atoms with van der Waals surface area (Å²) in [5.74, 6) is -0.436. The minimum atomic E-state index is -0.219. The molecule has 146 valence electrons. The highest BCUT2D eigenvalue weighted by molar-refractivity contribution is 5.98. The van der Waals surface area contributed by atoms with Gasteiger partial charge < -0.3 is 19.9 Å². The molecule has 0 aliphatic carbocycles. The van der Waals surface area contributed by atoms with Gasteiger partial charge in [-0.2, -0.15) is 0 Å². The smallest absolute Gasteiger partial charge is 0.272 e. The molecule has 0 unspecified atom stereocenters. The van der Waals surface area contributed by atoms with E-state index < -0.39 is 0 Å². The van der Waals surface area contributed by atoms with Crippen LogP contribution in [0.3, 0.4) is 0 Å². The number of morpholine rings is 1. The second kappa shape index (κ2) is 9.43. The van der Waals surface area contributed by atoms with Crippen LogP contribution in [0.1, 0.15) is 20.8 Å². The van der Waals surface area contributed by atoms with Crippen LogP contribution in [-0.2, 0) is 9.53 Å². The fourth-order valence-corrected chi connectivity index (χ4v) is 3.14. The zero-order valence-electron chi connectivity index (χ0n) is 15.3. The lowest BCUT2D eigenvalue weighted by Gasteiger charge is -2.32.